The van der Waals surface area contributed by atoms with Gasteiger partial charge in [-0.15, -0.1) is 0 Å². The number of carbonyl (C=O) groups excluding carboxylic acids is 1. The zero-order valence-corrected chi connectivity index (χ0v) is 18.8. The van der Waals surface area contributed by atoms with Gasteiger partial charge in [0.2, 0.25) is 11.8 Å². The van der Waals surface area contributed by atoms with Crippen LogP contribution in [0.3, 0.4) is 0 Å². The highest BCUT2D eigenvalue weighted by molar-refractivity contribution is 5.78. The van der Waals surface area contributed by atoms with E-state index in [0.29, 0.717) is 0 Å². The van der Waals surface area contributed by atoms with Crippen LogP contribution in [-0.4, -0.2) is 60.0 Å². The normalized spacial score (nSPS) is 19.9. The molecule has 2 aromatic rings. The second-order valence-corrected chi connectivity index (χ2v) is 8.96. The van der Waals surface area contributed by atoms with Gasteiger partial charge in [-0.2, -0.15) is 0 Å². The van der Waals surface area contributed by atoms with Gasteiger partial charge in [0.1, 0.15) is 0 Å². The first kappa shape index (κ1) is 22.0. The maximum Gasteiger partial charge on any atom is 0.223 e. The molecular formula is C25H36N4O2. The van der Waals surface area contributed by atoms with E-state index in [9.17, 15) is 4.79 Å². The van der Waals surface area contributed by atoms with E-state index in [1.165, 1.54) is 32.4 Å². The van der Waals surface area contributed by atoms with E-state index in [1.807, 2.05) is 36.5 Å². The number of nitrogens with zero attached hydrogens (tertiary/aromatic N) is 3. The summed E-state index contributed by atoms with van der Waals surface area (Å²) >= 11 is 0. The summed E-state index contributed by atoms with van der Waals surface area (Å²) in [5.74, 6) is 1.91. The van der Waals surface area contributed by atoms with Crippen molar-refractivity contribution in [3.8, 4) is 11.3 Å². The van der Waals surface area contributed by atoms with Gasteiger partial charge < -0.3 is 14.6 Å². The molecule has 0 unspecified atom stereocenters. The van der Waals surface area contributed by atoms with Crippen LogP contribution in [0.25, 0.3) is 11.3 Å². The Morgan fingerprint density at radius 2 is 1.87 bits per heavy atom. The molecule has 168 valence electrons. The first-order valence-corrected chi connectivity index (χ1v) is 12.0. The van der Waals surface area contributed by atoms with Crippen LogP contribution in [-0.2, 0) is 4.79 Å². The number of aromatic nitrogens is 1. The van der Waals surface area contributed by atoms with Crippen molar-refractivity contribution in [2.75, 3.05) is 39.3 Å². The van der Waals surface area contributed by atoms with Crippen LogP contribution in [0.15, 0.2) is 40.9 Å². The van der Waals surface area contributed by atoms with Gasteiger partial charge in [0, 0.05) is 18.0 Å². The Hall–Kier alpha value is -2.18. The summed E-state index contributed by atoms with van der Waals surface area (Å²) in [4.78, 5) is 22.0. The van der Waals surface area contributed by atoms with Crippen LogP contribution in [0.1, 0.15) is 57.4 Å². The Bertz CT molecular complexity index is 808. The second kappa shape index (κ2) is 10.9. The topological polar surface area (TPSA) is 61.6 Å². The number of carbonyl (C=O) groups is 1. The third-order valence-corrected chi connectivity index (χ3v) is 6.79. The SMILES string of the molecule is C[C@H](c1ncc(-c2ccccc2)o1)N1CCC(C(=O)NCCCN2CCCCC2)CC1. The van der Waals surface area contributed by atoms with Crippen molar-refractivity contribution in [2.45, 2.75) is 51.5 Å². The van der Waals surface area contributed by atoms with E-state index in [0.717, 1.165) is 62.7 Å². The maximum absolute atomic E-state index is 12.6. The van der Waals surface area contributed by atoms with E-state index in [-0.39, 0.29) is 17.9 Å². The molecular weight excluding hydrogens is 388 g/mol. The molecule has 1 aromatic carbocycles. The fourth-order valence-electron chi connectivity index (χ4n) is 4.76. The highest BCUT2D eigenvalue weighted by Crippen LogP contribution is 2.29. The number of amides is 1. The summed E-state index contributed by atoms with van der Waals surface area (Å²) in [6.07, 6.45) is 8.67. The van der Waals surface area contributed by atoms with Gasteiger partial charge in [-0.05, 0) is 71.8 Å². The van der Waals surface area contributed by atoms with Crippen LogP contribution in [0.5, 0.6) is 0 Å². The van der Waals surface area contributed by atoms with E-state index >= 15 is 0 Å². The fourth-order valence-corrected chi connectivity index (χ4v) is 4.76. The molecule has 0 bridgehead atoms. The summed E-state index contributed by atoms with van der Waals surface area (Å²) < 4.78 is 6.04. The Morgan fingerprint density at radius 3 is 2.61 bits per heavy atom. The lowest BCUT2D eigenvalue weighted by atomic mass is 9.95. The fraction of sp³-hybridized carbons (Fsp3) is 0.600. The monoisotopic (exact) mass is 424 g/mol. The average Bonchev–Trinajstić information content (AvgIpc) is 3.33. The summed E-state index contributed by atoms with van der Waals surface area (Å²) in [5.41, 5.74) is 1.05. The van der Waals surface area contributed by atoms with Crippen molar-refractivity contribution >= 4 is 5.91 Å². The zero-order valence-electron chi connectivity index (χ0n) is 18.8. The quantitative estimate of drug-likeness (QED) is 0.646. The van der Waals surface area contributed by atoms with Crippen molar-refractivity contribution < 1.29 is 9.21 Å². The Kier molecular flexibility index (Phi) is 7.76. The number of likely N-dealkylation sites (tertiary alicyclic amines) is 2. The van der Waals surface area contributed by atoms with Crippen LogP contribution >= 0.6 is 0 Å². The molecule has 6 nitrogen and oxygen atoms in total. The molecule has 0 spiro atoms. The number of hydrogen-bond acceptors (Lipinski definition) is 5. The van der Waals surface area contributed by atoms with Crippen LogP contribution in [0.2, 0.25) is 0 Å². The number of nitrogens with one attached hydrogen (secondary N) is 1. The molecule has 2 saturated heterocycles. The number of hydrogen-bond donors (Lipinski definition) is 1. The van der Waals surface area contributed by atoms with Gasteiger partial charge in [0.05, 0.1) is 12.2 Å². The molecule has 1 N–H and O–H groups in total. The van der Waals surface area contributed by atoms with Gasteiger partial charge in [0.25, 0.3) is 0 Å². The number of piperidine rings is 2. The van der Waals surface area contributed by atoms with Crippen molar-refractivity contribution in [2.24, 2.45) is 5.92 Å². The Morgan fingerprint density at radius 1 is 1.13 bits per heavy atom. The molecule has 1 amide bonds. The van der Waals surface area contributed by atoms with E-state index in [2.05, 4.69) is 27.0 Å². The van der Waals surface area contributed by atoms with Crippen molar-refractivity contribution in [3.63, 3.8) is 0 Å². The molecule has 0 saturated carbocycles. The highest BCUT2D eigenvalue weighted by atomic mass is 16.4. The molecule has 2 aliphatic heterocycles. The third-order valence-electron chi connectivity index (χ3n) is 6.79. The van der Waals surface area contributed by atoms with Gasteiger partial charge in [-0.25, -0.2) is 4.98 Å². The van der Waals surface area contributed by atoms with E-state index < -0.39 is 0 Å². The molecule has 1 atom stereocenters. The van der Waals surface area contributed by atoms with Crippen LogP contribution in [0, 0.1) is 5.92 Å². The molecule has 3 heterocycles. The largest absolute Gasteiger partial charge is 0.439 e. The lowest BCUT2D eigenvalue weighted by molar-refractivity contribution is -0.126. The predicted molar refractivity (Wildman–Crippen MR) is 123 cm³/mol. The minimum absolute atomic E-state index is 0.117. The van der Waals surface area contributed by atoms with E-state index in [4.69, 9.17) is 4.42 Å². The minimum Gasteiger partial charge on any atom is -0.439 e. The highest BCUT2D eigenvalue weighted by Gasteiger charge is 2.29. The molecule has 2 fully saturated rings. The summed E-state index contributed by atoms with van der Waals surface area (Å²) in [5, 5.41) is 3.17. The Labute approximate surface area is 186 Å². The van der Waals surface area contributed by atoms with Crippen LogP contribution in [0.4, 0.5) is 0 Å². The van der Waals surface area contributed by atoms with Crippen molar-refractivity contribution in [1.82, 2.24) is 20.1 Å². The molecule has 31 heavy (non-hydrogen) atoms. The lowest BCUT2D eigenvalue weighted by Gasteiger charge is -2.34. The molecule has 1 aromatic heterocycles. The molecule has 2 aliphatic rings. The molecule has 0 radical (unpaired) electrons. The summed E-state index contributed by atoms with van der Waals surface area (Å²) in [6.45, 7) is 8.29. The second-order valence-electron chi connectivity index (χ2n) is 8.96. The molecule has 6 heteroatoms. The maximum atomic E-state index is 12.6. The molecule has 0 aliphatic carbocycles. The zero-order chi connectivity index (χ0) is 21.5. The van der Waals surface area contributed by atoms with Crippen molar-refractivity contribution in [3.05, 3.63) is 42.4 Å². The average molecular weight is 425 g/mol. The van der Waals surface area contributed by atoms with Gasteiger partial charge in [-0.1, -0.05) is 36.8 Å². The standard InChI is InChI=1S/C25H36N4O2/c1-20(25-27-19-23(31-25)21-9-4-2-5-10-21)29-17-11-22(12-18-29)24(30)26-13-8-16-28-14-6-3-7-15-28/h2,4-5,9-10,19-20,22H,3,6-8,11-18H2,1H3,(H,26,30)/t20-/m1/s1. The Balaban J connectivity index is 1.18. The third kappa shape index (κ3) is 5.95. The van der Waals surface area contributed by atoms with Crippen LogP contribution < -0.4 is 5.32 Å². The summed E-state index contributed by atoms with van der Waals surface area (Å²) in [7, 11) is 0. The van der Waals surface area contributed by atoms with Gasteiger partial charge in [0.15, 0.2) is 5.76 Å². The van der Waals surface area contributed by atoms with E-state index in [1.54, 1.807) is 0 Å². The van der Waals surface area contributed by atoms with Gasteiger partial charge >= 0.3 is 0 Å². The smallest absolute Gasteiger partial charge is 0.223 e. The van der Waals surface area contributed by atoms with Crippen molar-refractivity contribution in [1.29, 1.82) is 0 Å². The number of oxazole rings is 1. The minimum atomic E-state index is 0.117. The number of benzene rings is 1. The summed E-state index contributed by atoms with van der Waals surface area (Å²) in [6, 6.07) is 10.2. The lowest BCUT2D eigenvalue weighted by Crippen LogP contribution is -2.42. The predicted octanol–water partition coefficient (Wildman–Crippen LogP) is 4.11. The van der Waals surface area contributed by atoms with Gasteiger partial charge in [-0.3, -0.25) is 9.69 Å². The molecule has 4 rings (SSSR count). The first-order valence-electron chi connectivity index (χ1n) is 12.0. The number of rotatable bonds is 8. The first-order chi connectivity index (χ1) is 15.2.